The van der Waals surface area contributed by atoms with E-state index in [1.54, 1.807) is 24.3 Å². The quantitative estimate of drug-likeness (QED) is 0.535. The summed E-state index contributed by atoms with van der Waals surface area (Å²) in [6.07, 6.45) is 0. The molecule has 0 aliphatic carbocycles. The summed E-state index contributed by atoms with van der Waals surface area (Å²) in [6.45, 7) is 4.10. The van der Waals surface area contributed by atoms with E-state index in [2.05, 4.69) is 16.0 Å². The number of anilines is 1. The van der Waals surface area contributed by atoms with E-state index in [0.29, 0.717) is 18.7 Å². The average molecular weight is 427 g/mol. The van der Waals surface area contributed by atoms with Gasteiger partial charge in [-0.15, -0.1) is 0 Å². The topological polar surface area (TPSA) is 99.8 Å². The van der Waals surface area contributed by atoms with E-state index in [0.717, 1.165) is 16.8 Å². The predicted molar refractivity (Wildman–Crippen MR) is 120 cm³/mol. The van der Waals surface area contributed by atoms with Gasteiger partial charge in [0.25, 0.3) is 5.91 Å². The van der Waals surface area contributed by atoms with Crippen LogP contribution >= 0.6 is 0 Å². The fraction of sp³-hybridized carbons (Fsp3) is 0.348. The zero-order valence-corrected chi connectivity index (χ0v) is 18.4. The number of carbonyl (C=O) groups is 3. The Labute approximate surface area is 183 Å². The molecule has 0 fully saturated rings. The molecule has 0 bridgehead atoms. The van der Waals surface area contributed by atoms with Crippen molar-refractivity contribution in [2.75, 3.05) is 25.6 Å². The SMILES string of the molecule is CC(C)NC(=O)NCc1ccc(C(=O)OCC(=O)NCc2ccc(N(C)C)cc2)cc1. The first-order valence-electron chi connectivity index (χ1n) is 10.1. The van der Waals surface area contributed by atoms with Crippen LogP contribution in [0.2, 0.25) is 0 Å². The number of hydrogen-bond donors (Lipinski definition) is 3. The van der Waals surface area contributed by atoms with Crippen LogP contribution in [0.3, 0.4) is 0 Å². The fourth-order valence-electron chi connectivity index (χ4n) is 2.63. The fourth-order valence-corrected chi connectivity index (χ4v) is 2.63. The Morgan fingerprint density at radius 3 is 1.97 bits per heavy atom. The zero-order chi connectivity index (χ0) is 22.8. The number of ether oxygens (including phenoxy) is 1. The van der Waals surface area contributed by atoms with Gasteiger partial charge in [-0.3, -0.25) is 4.79 Å². The van der Waals surface area contributed by atoms with Gasteiger partial charge in [0.1, 0.15) is 0 Å². The minimum atomic E-state index is -0.581. The Hall–Kier alpha value is -3.55. The summed E-state index contributed by atoms with van der Waals surface area (Å²) >= 11 is 0. The lowest BCUT2D eigenvalue weighted by Crippen LogP contribution is -2.39. The van der Waals surface area contributed by atoms with Crippen LogP contribution in [-0.2, 0) is 22.6 Å². The molecular formula is C23H30N4O4. The van der Waals surface area contributed by atoms with E-state index in [1.807, 2.05) is 57.1 Å². The maximum atomic E-state index is 12.1. The van der Waals surface area contributed by atoms with E-state index in [1.165, 1.54) is 0 Å². The third kappa shape index (κ3) is 8.38. The van der Waals surface area contributed by atoms with Gasteiger partial charge >= 0.3 is 12.0 Å². The second-order valence-electron chi connectivity index (χ2n) is 7.59. The minimum absolute atomic E-state index is 0.0537. The average Bonchev–Trinajstić information content (AvgIpc) is 2.74. The van der Waals surface area contributed by atoms with Crippen molar-refractivity contribution in [2.45, 2.75) is 33.0 Å². The van der Waals surface area contributed by atoms with Crippen molar-refractivity contribution in [1.82, 2.24) is 16.0 Å². The molecule has 3 N–H and O–H groups in total. The van der Waals surface area contributed by atoms with Gasteiger partial charge in [0.2, 0.25) is 0 Å². The Morgan fingerprint density at radius 1 is 0.871 bits per heavy atom. The Morgan fingerprint density at radius 2 is 1.42 bits per heavy atom. The number of esters is 1. The van der Waals surface area contributed by atoms with Gasteiger partial charge in [-0.2, -0.15) is 0 Å². The molecular weight excluding hydrogens is 396 g/mol. The Balaban J connectivity index is 1.73. The first-order chi connectivity index (χ1) is 14.7. The summed E-state index contributed by atoms with van der Waals surface area (Å²) in [5.41, 5.74) is 3.21. The molecule has 31 heavy (non-hydrogen) atoms. The van der Waals surface area contributed by atoms with E-state index in [4.69, 9.17) is 4.74 Å². The molecule has 2 aromatic carbocycles. The van der Waals surface area contributed by atoms with E-state index < -0.39 is 5.97 Å². The second-order valence-corrected chi connectivity index (χ2v) is 7.59. The van der Waals surface area contributed by atoms with Gasteiger partial charge in [-0.25, -0.2) is 9.59 Å². The summed E-state index contributed by atoms with van der Waals surface area (Å²) < 4.78 is 5.07. The standard InChI is InChI=1S/C23H30N4O4/c1-16(2)26-23(30)25-14-17-5-9-19(10-6-17)22(29)31-15-21(28)24-13-18-7-11-20(12-8-18)27(3)4/h5-12,16H,13-15H2,1-4H3,(H,24,28)(H2,25,26,30). The minimum Gasteiger partial charge on any atom is -0.452 e. The van der Waals surface area contributed by atoms with Crippen LogP contribution in [0.15, 0.2) is 48.5 Å². The van der Waals surface area contributed by atoms with E-state index in [9.17, 15) is 14.4 Å². The van der Waals surface area contributed by atoms with Crippen molar-refractivity contribution in [3.05, 3.63) is 65.2 Å². The first kappa shape index (κ1) is 23.7. The van der Waals surface area contributed by atoms with Crippen LogP contribution in [0.5, 0.6) is 0 Å². The number of benzene rings is 2. The summed E-state index contributed by atoms with van der Waals surface area (Å²) in [5, 5.41) is 8.20. The highest BCUT2D eigenvalue weighted by molar-refractivity contribution is 5.91. The molecule has 0 saturated heterocycles. The maximum absolute atomic E-state index is 12.1. The monoisotopic (exact) mass is 426 g/mol. The molecule has 2 aromatic rings. The number of urea groups is 1. The molecule has 0 radical (unpaired) electrons. The zero-order valence-electron chi connectivity index (χ0n) is 18.4. The molecule has 0 saturated carbocycles. The Bertz CT molecular complexity index is 877. The highest BCUT2D eigenvalue weighted by Gasteiger charge is 2.11. The van der Waals surface area contributed by atoms with Gasteiger partial charge in [0, 0.05) is 38.9 Å². The van der Waals surface area contributed by atoms with Gasteiger partial charge in [0.15, 0.2) is 6.61 Å². The molecule has 166 valence electrons. The second kappa shape index (κ2) is 11.6. The summed E-state index contributed by atoms with van der Waals surface area (Å²) in [4.78, 5) is 37.7. The van der Waals surface area contributed by atoms with Crippen molar-refractivity contribution in [3.8, 4) is 0 Å². The normalized spacial score (nSPS) is 10.4. The van der Waals surface area contributed by atoms with Gasteiger partial charge in [0.05, 0.1) is 5.56 Å². The molecule has 0 atom stereocenters. The Kier molecular flexibility index (Phi) is 8.87. The highest BCUT2D eigenvalue weighted by Crippen LogP contribution is 2.12. The van der Waals surface area contributed by atoms with Crippen LogP contribution in [0.4, 0.5) is 10.5 Å². The molecule has 0 unspecified atom stereocenters. The van der Waals surface area contributed by atoms with Gasteiger partial charge in [-0.05, 0) is 49.2 Å². The summed E-state index contributed by atoms with van der Waals surface area (Å²) in [7, 11) is 3.92. The molecule has 0 aliphatic heterocycles. The van der Waals surface area contributed by atoms with E-state index in [-0.39, 0.29) is 24.6 Å². The lowest BCUT2D eigenvalue weighted by atomic mass is 10.1. The number of nitrogens with zero attached hydrogens (tertiary/aromatic N) is 1. The van der Waals surface area contributed by atoms with Crippen LogP contribution in [0.1, 0.15) is 35.3 Å². The van der Waals surface area contributed by atoms with Crippen molar-refractivity contribution < 1.29 is 19.1 Å². The van der Waals surface area contributed by atoms with Crippen LogP contribution in [-0.4, -0.2) is 44.7 Å². The molecule has 0 aliphatic rings. The van der Waals surface area contributed by atoms with Crippen LogP contribution < -0.4 is 20.9 Å². The lowest BCUT2D eigenvalue weighted by Gasteiger charge is -2.13. The van der Waals surface area contributed by atoms with E-state index >= 15 is 0 Å². The predicted octanol–water partition coefficient (Wildman–Crippen LogP) is 2.43. The van der Waals surface area contributed by atoms with Crippen LogP contribution in [0.25, 0.3) is 0 Å². The number of hydrogen-bond acceptors (Lipinski definition) is 5. The van der Waals surface area contributed by atoms with Gasteiger partial charge < -0.3 is 25.6 Å². The third-order valence-corrected chi connectivity index (χ3v) is 4.34. The number of carbonyl (C=O) groups excluding carboxylic acids is 3. The molecule has 8 nitrogen and oxygen atoms in total. The first-order valence-corrected chi connectivity index (χ1v) is 10.1. The molecule has 8 heteroatoms. The van der Waals surface area contributed by atoms with Crippen molar-refractivity contribution >= 4 is 23.6 Å². The lowest BCUT2D eigenvalue weighted by molar-refractivity contribution is -0.124. The molecule has 2 rings (SSSR count). The summed E-state index contributed by atoms with van der Waals surface area (Å²) in [6, 6.07) is 14.3. The molecule has 0 aromatic heterocycles. The van der Waals surface area contributed by atoms with Crippen molar-refractivity contribution in [1.29, 1.82) is 0 Å². The van der Waals surface area contributed by atoms with Crippen molar-refractivity contribution in [2.24, 2.45) is 0 Å². The van der Waals surface area contributed by atoms with Crippen LogP contribution in [0, 0.1) is 0 Å². The number of amides is 3. The molecule has 0 heterocycles. The maximum Gasteiger partial charge on any atom is 0.338 e. The third-order valence-electron chi connectivity index (χ3n) is 4.34. The molecule has 0 spiro atoms. The van der Waals surface area contributed by atoms with Crippen molar-refractivity contribution in [3.63, 3.8) is 0 Å². The smallest absolute Gasteiger partial charge is 0.338 e. The summed E-state index contributed by atoms with van der Waals surface area (Å²) in [5.74, 6) is -0.954. The molecule has 3 amide bonds. The number of rotatable bonds is 9. The number of nitrogens with one attached hydrogen (secondary N) is 3. The highest BCUT2D eigenvalue weighted by atomic mass is 16.5. The van der Waals surface area contributed by atoms with Gasteiger partial charge in [-0.1, -0.05) is 24.3 Å². The largest absolute Gasteiger partial charge is 0.452 e.